The van der Waals surface area contributed by atoms with Crippen LogP contribution in [-0.4, -0.2) is 5.04 Å². The van der Waals surface area contributed by atoms with E-state index < -0.39 is 0 Å². The molecule has 158 valence electrons. The fourth-order valence-corrected chi connectivity index (χ4v) is 5.53. The quantitative estimate of drug-likeness (QED) is 0.151. The van der Waals surface area contributed by atoms with Crippen LogP contribution in [0.2, 0.25) is 0 Å². The van der Waals surface area contributed by atoms with Gasteiger partial charge in [-0.15, -0.1) is 0 Å². The highest BCUT2D eigenvalue weighted by molar-refractivity contribution is 8.18. The molecule has 1 nitrogen and oxygen atoms in total. The van der Waals surface area contributed by atoms with E-state index in [0.717, 1.165) is 30.3 Å². The van der Waals surface area contributed by atoms with Crippen molar-refractivity contribution in [1.29, 1.82) is 0 Å². The van der Waals surface area contributed by atoms with E-state index >= 15 is 0 Å². The smallest absolute Gasteiger partial charge is 0.123 e. The summed E-state index contributed by atoms with van der Waals surface area (Å²) >= 11 is 4.87. The predicted molar refractivity (Wildman–Crippen MR) is 138 cm³/mol. The Kier molecular flexibility index (Phi) is 8.26. The molecule has 4 aromatic rings. The van der Waals surface area contributed by atoms with Crippen LogP contribution >= 0.6 is 35.3 Å². The van der Waals surface area contributed by atoms with Crippen LogP contribution in [0.4, 0.5) is 10.1 Å². The van der Waals surface area contributed by atoms with E-state index in [2.05, 4.69) is 29.7 Å². The number of nitrogens with zero attached hydrogens (tertiary/aromatic N) is 1. The normalized spacial score (nSPS) is 12.0. The second kappa shape index (κ2) is 11.8. The van der Waals surface area contributed by atoms with Gasteiger partial charge in [0.2, 0.25) is 0 Å². The number of para-hydroxylation sites is 1. The minimum absolute atomic E-state index is 0.233. The summed E-state index contributed by atoms with van der Waals surface area (Å²) in [4.78, 5) is 9.25. The molecule has 0 aliphatic rings. The number of hydrogen-bond donors (Lipinski definition) is 0. The Morgan fingerprint density at radius 1 is 0.594 bits per heavy atom. The zero-order valence-electron chi connectivity index (χ0n) is 17.1. The second-order valence-electron chi connectivity index (χ2n) is 6.64. The largest absolute Gasteiger partial charge is 0.241 e. The highest BCUT2D eigenvalue weighted by Gasteiger charge is 2.13. The molecule has 4 aromatic carbocycles. The number of aliphatic imine (C=N–C) groups is 1. The molecule has 5 heteroatoms. The van der Waals surface area contributed by atoms with Gasteiger partial charge >= 0.3 is 0 Å². The lowest BCUT2D eigenvalue weighted by Crippen LogP contribution is -1.95. The summed E-state index contributed by atoms with van der Waals surface area (Å²) in [7, 11) is 0. The lowest BCUT2D eigenvalue weighted by molar-refractivity contribution is 0.626. The summed E-state index contributed by atoms with van der Waals surface area (Å²) in [5.74, 6) is -0.233. The van der Waals surface area contributed by atoms with E-state index in [-0.39, 0.29) is 5.82 Å². The van der Waals surface area contributed by atoms with Crippen LogP contribution in [0.3, 0.4) is 0 Å². The second-order valence-corrected chi connectivity index (χ2v) is 9.76. The lowest BCUT2D eigenvalue weighted by Gasteiger charge is -2.12. The Balaban J connectivity index is 1.72. The van der Waals surface area contributed by atoms with Crippen molar-refractivity contribution < 1.29 is 4.39 Å². The summed E-state index contributed by atoms with van der Waals surface area (Å²) < 4.78 is 13.3. The Hall–Kier alpha value is -2.73. The first-order valence-electron chi connectivity index (χ1n) is 9.98. The fourth-order valence-electron chi connectivity index (χ4n) is 2.72. The molecular formula is C27H20FNS3. The van der Waals surface area contributed by atoms with Gasteiger partial charge < -0.3 is 0 Å². The van der Waals surface area contributed by atoms with Crippen molar-refractivity contribution in [3.63, 3.8) is 0 Å². The van der Waals surface area contributed by atoms with Crippen LogP contribution in [0.1, 0.15) is 0 Å². The molecule has 0 saturated heterocycles. The maximum atomic E-state index is 13.3. The van der Waals surface area contributed by atoms with Gasteiger partial charge in [-0.2, -0.15) is 0 Å². The Morgan fingerprint density at radius 3 is 1.72 bits per heavy atom. The topological polar surface area (TPSA) is 12.4 Å². The van der Waals surface area contributed by atoms with Gasteiger partial charge in [-0.1, -0.05) is 89.9 Å². The Labute approximate surface area is 200 Å². The SMILES string of the molecule is Fc1ccc(S/C=C(\Sc2ccccc2)C(=Nc2ccccc2)Sc2ccccc2)cc1. The first-order chi connectivity index (χ1) is 15.8. The summed E-state index contributed by atoms with van der Waals surface area (Å²) in [6.07, 6.45) is 0. The highest BCUT2D eigenvalue weighted by atomic mass is 32.2. The number of hydrogen-bond acceptors (Lipinski definition) is 4. The first kappa shape index (κ1) is 22.5. The summed E-state index contributed by atoms with van der Waals surface area (Å²) in [6.45, 7) is 0. The predicted octanol–water partition coefficient (Wildman–Crippen LogP) is 9.07. The maximum absolute atomic E-state index is 13.3. The average molecular weight is 474 g/mol. The van der Waals surface area contributed by atoms with E-state index in [1.807, 2.05) is 66.7 Å². The van der Waals surface area contributed by atoms with Crippen LogP contribution in [0.5, 0.6) is 0 Å². The van der Waals surface area contributed by atoms with Gasteiger partial charge in [0.15, 0.2) is 0 Å². The van der Waals surface area contributed by atoms with Gasteiger partial charge in [-0.3, -0.25) is 0 Å². The molecule has 0 N–H and O–H groups in total. The van der Waals surface area contributed by atoms with Crippen molar-refractivity contribution in [2.45, 2.75) is 14.7 Å². The molecule has 0 heterocycles. The molecule has 0 spiro atoms. The molecule has 0 amide bonds. The number of thioether (sulfide) groups is 3. The summed E-state index contributed by atoms with van der Waals surface area (Å²) in [6, 6.07) is 37.0. The van der Waals surface area contributed by atoms with Gasteiger partial charge in [-0.25, -0.2) is 9.38 Å². The van der Waals surface area contributed by atoms with Gasteiger partial charge in [0.25, 0.3) is 0 Å². The molecule has 0 aliphatic heterocycles. The zero-order valence-corrected chi connectivity index (χ0v) is 19.5. The first-order valence-corrected chi connectivity index (χ1v) is 12.5. The van der Waals surface area contributed by atoms with Gasteiger partial charge in [0.1, 0.15) is 10.9 Å². The summed E-state index contributed by atoms with van der Waals surface area (Å²) in [5.41, 5.74) is 0.900. The van der Waals surface area contributed by atoms with Crippen LogP contribution in [0.25, 0.3) is 0 Å². The minimum atomic E-state index is -0.233. The van der Waals surface area contributed by atoms with Crippen molar-refractivity contribution in [2.75, 3.05) is 0 Å². The third kappa shape index (κ3) is 6.89. The van der Waals surface area contributed by atoms with Crippen molar-refractivity contribution >= 4 is 46.0 Å². The van der Waals surface area contributed by atoms with Crippen LogP contribution in [-0.2, 0) is 0 Å². The third-order valence-corrected chi connectivity index (χ3v) is 7.47. The molecule has 0 atom stereocenters. The van der Waals surface area contributed by atoms with E-state index in [1.165, 1.54) is 12.1 Å². The van der Waals surface area contributed by atoms with Gasteiger partial charge in [-0.05, 0) is 66.1 Å². The summed E-state index contributed by atoms with van der Waals surface area (Å²) in [5, 5.41) is 3.01. The van der Waals surface area contributed by atoms with Crippen molar-refractivity contribution in [2.24, 2.45) is 4.99 Å². The Bertz CT molecular complexity index is 1180. The number of halogens is 1. The van der Waals surface area contributed by atoms with Crippen LogP contribution in [0.15, 0.2) is 145 Å². The van der Waals surface area contributed by atoms with E-state index in [4.69, 9.17) is 4.99 Å². The average Bonchev–Trinajstić information content (AvgIpc) is 2.84. The molecule has 0 aromatic heterocycles. The van der Waals surface area contributed by atoms with Crippen molar-refractivity contribution in [1.82, 2.24) is 0 Å². The van der Waals surface area contributed by atoms with Gasteiger partial charge in [0.05, 0.1) is 10.6 Å². The molecule has 0 fully saturated rings. The van der Waals surface area contributed by atoms with E-state index in [9.17, 15) is 4.39 Å². The van der Waals surface area contributed by atoms with Gasteiger partial charge in [0, 0.05) is 14.7 Å². The molecule has 0 aliphatic carbocycles. The van der Waals surface area contributed by atoms with Crippen molar-refractivity contribution in [3.8, 4) is 0 Å². The number of rotatable bonds is 7. The number of benzene rings is 4. The molecule has 0 bridgehead atoms. The van der Waals surface area contributed by atoms with Crippen LogP contribution < -0.4 is 0 Å². The lowest BCUT2D eigenvalue weighted by atomic mass is 10.3. The molecule has 32 heavy (non-hydrogen) atoms. The zero-order chi connectivity index (χ0) is 22.0. The highest BCUT2D eigenvalue weighted by Crippen LogP contribution is 2.37. The molecule has 0 radical (unpaired) electrons. The van der Waals surface area contributed by atoms with Crippen LogP contribution in [0, 0.1) is 5.82 Å². The Morgan fingerprint density at radius 2 is 1.12 bits per heavy atom. The molecule has 0 unspecified atom stereocenters. The molecule has 0 saturated carbocycles. The molecular weight excluding hydrogens is 454 g/mol. The maximum Gasteiger partial charge on any atom is 0.123 e. The van der Waals surface area contributed by atoms with Crippen molar-refractivity contribution in [3.05, 3.63) is 131 Å². The van der Waals surface area contributed by atoms with E-state index in [1.54, 1.807) is 47.4 Å². The fraction of sp³-hybridized carbons (Fsp3) is 0. The molecule has 4 rings (SSSR count). The minimum Gasteiger partial charge on any atom is -0.241 e. The standard InChI is InChI=1S/C27H20FNS3/c28-21-16-18-23(19-17-21)30-20-26(31-24-12-6-2-7-13-24)27(29-22-10-4-1-5-11-22)32-25-14-8-3-9-15-25/h1-20H/b26-20-,29-27?. The monoisotopic (exact) mass is 473 g/mol. The third-order valence-electron chi connectivity index (χ3n) is 4.24. The van der Waals surface area contributed by atoms with E-state index in [0.29, 0.717) is 0 Å².